The van der Waals surface area contributed by atoms with Gasteiger partial charge >= 0.3 is 5.97 Å². The van der Waals surface area contributed by atoms with E-state index in [0.29, 0.717) is 58.5 Å². The Morgan fingerprint density at radius 1 is 1.41 bits per heavy atom. The number of methoxy groups -OCH3 is 1. The zero-order valence-corrected chi connectivity index (χ0v) is 20.5. The van der Waals surface area contributed by atoms with Gasteiger partial charge in [-0.25, -0.2) is 9.78 Å². The summed E-state index contributed by atoms with van der Waals surface area (Å²) in [4.78, 5) is 35.3. The minimum atomic E-state index is -0.743. The molecule has 34 heavy (non-hydrogen) atoms. The molecule has 0 aromatic carbocycles. The number of hydrogen-bond donors (Lipinski definition) is 2. The van der Waals surface area contributed by atoms with Gasteiger partial charge in [-0.2, -0.15) is 0 Å². The minimum absolute atomic E-state index is 0.136. The molecule has 0 saturated carbocycles. The van der Waals surface area contributed by atoms with Crippen LogP contribution in [0.5, 0.6) is 0 Å². The van der Waals surface area contributed by atoms with Crippen LogP contribution < -0.4 is 5.56 Å². The third-order valence-corrected chi connectivity index (χ3v) is 6.28. The highest BCUT2D eigenvalue weighted by Gasteiger charge is 2.21. The topological polar surface area (TPSA) is 127 Å². The Labute approximate surface area is 201 Å². The fraction of sp³-hybridized carbons (Fsp3) is 0.522. The Morgan fingerprint density at radius 3 is 2.94 bits per heavy atom. The average molecular weight is 494 g/mol. The summed E-state index contributed by atoms with van der Waals surface area (Å²) in [5, 5.41) is 10.9. The predicted octanol–water partition coefficient (Wildman–Crippen LogP) is 2.48. The molecule has 0 spiro atoms. The number of aliphatic hydroxyl groups excluding tert-OH is 1. The van der Waals surface area contributed by atoms with E-state index in [1.807, 2.05) is 4.90 Å². The number of H-pyrrole nitrogens is 1. The van der Waals surface area contributed by atoms with Gasteiger partial charge < -0.3 is 28.7 Å². The molecule has 0 bridgehead atoms. The van der Waals surface area contributed by atoms with Gasteiger partial charge in [0.05, 0.1) is 37.5 Å². The summed E-state index contributed by atoms with van der Waals surface area (Å²) in [6.45, 7) is 5.95. The van der Waals surface area contributed by atoms with Crippen LogP contribution in [-0.2, 0) is 27.4 Å². The number of hydrogen-bond acceptors (Lipinski definition) is 10. The van der Waals surface area contributed by atoms with Gasteiger partial charge in [0.2, 0.25) is 0 Å². The van der Waals surface area contributed by atoms with Crippen LogP contribution in [0.2, 0.25) is 0 Å². The maximum atomic E-state index is 12.8. The van der Waals surface area contributed by atoms with Gasteiger partial charge in [0.25, 0.3) is 5.56 Å². The molecule has 0 amide bonds. The van der Waals surface area contributed by atoms with E-state index in [2.05, 4.69) is 9.97 Å². The molecule has 0 aliphatic rings. The average Bonchev–Trinajstić information content (AvgIpc) is 3.42. The second-order valence-electron chi connectivity index (χ2n) is 7.80. The van der Waals surface area contributed by atoms with E-state index in [1.54, 1.807) is 39.4 Å². The van der Waals surface area contributed by atoms with Crippen LogP contribution in [0.15, 0.2) is 27.6 Å². The number of carbonyl (C=O) groups excluding carboxylic acids is 1. The van der Waals surface area contributed by atoms with Crippen molar-refractivity contribution < 1.29 is 28.5 Å². The van der Waals surface area contributed by atoms with Crippen LogP contribution in [0.1, 0.15) is 40.2 Å². The maximum Gasteiger partial charge on any atom is 0.348 e. The lowest BCUT2D eigenvalue weighted by Crippen LogP contribution is -2.36. The number of aromatic nitrogens is 2. The number of carbonyl (C=O) groups is 1. The van der Waals surface area contributed by atoms with Crippen molar-refractivity contribution in [3.8, 4) is 0 Å². The Bertz CT molecular complexity index is 1110. The number of ether oxygens (including phenoxy) is 3. The van der Waals surface area contributed by atoms with Crippen LogP contribution in [0, 0.1) is 6.92 Å². The lowest BCUT2D eigenvalue weighted by molar-refractivity contribution is 0.00246. The van der Waals surface area contributed by atoms with Gasteiger partial charge in [0.1, 0.15) is 27.9 Å². The van der Waals surface area contributed by atoms with Crippen molar-refractivity contribution in [2.45, 2.75) is 39.5 Å². The zero-order chi connectivity index (χ0) is 24.5. The molecule has 0 radical (unpaired) electrons. The number of esters is 1. The second kappa shape index (κ2) is 12.8. The van der Waals surface area contributed by atoms with Gasteiger partial charge in [-0.15, -0.1) is 11.3 Å². The lowest BCUT2D eigenvalue weighted by Gasteiger charge is -2.24. The molecule has 3 rings (SSSR count). The first-order chi connectivity index (χ1) is 16.4. The highest BCUT2D eigenvalue weighted by molar-refractivity contribution is 7.20. The molecule has 186 valence electrons. The monoisotopic (exact) mass is 493 g/mol. The molecule has 3 aromatic rings. The van der Waals surface area contributed by atoms with Gasteiger partial charge in [-0.1, -0.05) is 0 Å². The quantitative estimate of drug-likeness (QED) is 0.257. The smallest absolute Gasteiger partial charge is 0.348 e. The van der Waals surface area contributed by atoms with Crippen molar-refractivity contribution in [3.05, 3.63) is 50.8 Å². The Hall–Kier alpha value is -2.57. The number of aliphatic hydroxyl groups is 1. The number of aromatic amines is 1. The van der Waals surface area contributed by atoms with Crippen molar-refractivity contribution in [1.29, 1.82) is 0 Å². The number of fused-ring (bicyclic) bond motifs is 1. The molecule has 10 nitrogen and oxygen atoms in total. The Balaban J connectivity index is 1.70. The van der Waals surface area contributed by atoms with E-state index in [1.165, 1.54) is 0 Å². The molecule has 0 aliphatic heterocycles. The molecule has 0 fully saturated rings. The summed E-state index contributed by atoms with van der Waals surface area (Å²) in [5.74, 6) is 0.686. The van der Waals surface area contributed by atoms with Gasteiger partial charge in [-0.3, -0.25) is 9.69 Å². The number of rotatable bonds is 14. The third kappa shape index (κ3) is 6.97. The molecular formula is C23H31N3O7S. The van der Waals surface area contributed by atoms with E-state index < -0.39 is 12.1 Å². The van der Waals surface area contributed by atoms with Gasteiger partial charge in [-0.05, 0) is 38.0 Å². The number of aryl methyl sites for hydroxylation is 1. The van der Waals surface area contributed by atoms with Crippen LogP contribution >= 0.6 is 11.3 Å². The fourth-order valence-corrected chi connectivity index (χ4v) is 4.67. The summed E-state index contributed by atoms with van der Waals surface area (Å²) in [5.41, 5.74) is 0.267. The summed E-state index contributed by atoms with van der Waals surface area (Å²) in [7, 11) is 1.63. The molecule has 3 heterocycles. The molecular weight excluding hydrogens is 462 g/mol. The fourth-order valence-electron chi connectivity index (χ4n) is 3.57. The predicted molar refractivity (Wildman–Crippen MR) is 127 cm³/mol. The summed E-state index contributed by atoms with van der Waals surface area (Å²) in [6.07, 6.45) is 1.57. The number of nitrogens with one attached hydrogen (secondary N) is 1. The normalized spacial score (nSPS) is 12.5. The summed E-state index contributed by atoms with van der Waals surface area (Å²) >= 11 is 1.15. The highest BCUT2D eigenvalue weighted by Crippen LogP contribution is 2.27. The van der Waals surface area contributed by atoms with E-state index in [0.717, 1.165) is 17.8 Å². The summed E-state index contributed by atoms with van der Waals surface area (Å²) in [6, 6.07) is 3.59. The first-order valence-corrected chi connectivity index (χ1v) is 11.9. The third-order valence-electron chi connectivity index (χ3n) is 5.11. The first-order valence-electron chi connectivity index (χ1n) is 11.1. The van der Waals surface area contributed by atoms with Crippen molar-refractivity contribution in [2.75, 3.05) is 40.0 Å². The Morgan fingerprint density at radius 2 is 2.24 bits per heavy atom. The van der Waals surface area contributed by atoms with Crippen molar-refractivity contribution in [1.82, 2.24) is 14.9 Å². The van der Waals surface area contributed by atoms with Crippen LogP contribution in [0.25, 0.3) is 10.2 Å². The van der Waals surface area contributed by atoms with E-state index in [4.69, 9.17) is 18.6 Å². The molecule has 1 atom stereocenters. The largest absolute Gasteiger partial charge is 0.467 e. The highest BCUT2D eigenvalue weighted by atomic mass is 32.1. The van der Waals surface area contributed by atoms with Gasteiger partial charge in [0.15, 0.2) is 0 Å². The van der Waals surface area contributed by atoms with Crippen molar-refractivity contribution >= 4 is 27.5 Å². The zero-order valence-electron chi connectivity index (χ0n) is 19.7. The lowest BCUT2D eigenvalue weighted by atomic mass is 10.2. The molecule has 11 heteroatoms. The standard InChI is InChI=1S/C23H31N3O7S/c1-4-32-23(29)20-15(2)19-21(28)24-18(25-22(19)34-20)12-26(8-6-9-30-3)11-16(27)13-31-14-17-7-5-10-33-17/h5,7,10,16,27H,4,6,8-9,11-14H2,1-3H3,(H,24,25,28)/t16-/m1/s1. The summed E-state index contributed by atoms with van der Waals surface area (Å²) < 4.78 is 21.0. The maximum absolute atomic E-state index is 12.8. The van der Waals surface area contributed by atoms with E-state index in [-0.39, 0.29) is 25.4 Å². The number of nitrogens with zero attached hydrogens (tertiary/aromatic N) is 2. The van der Waals surface area contributed by atoms with E-state index in [9.17, 15) is 14.7 Å². The number of furan rings is 1. The van der Waals surface area contributed by atoms with Gasteiger partial charge in [0, 0.05) is 26.8 Å². The van der Waals surface area contributed by atoms with E-state index >= 15 is 0 Å². The molecule has 0 unspecified atom stereocenters. The molecule has 2 N–H and O–H groups in total. The number of thiophene rings is 1. The van der Waals surface area contributed by atoms with Crippen LogP contribution in [0.3, 0.4) is 0 Å². The minimum Gasteiger partial charge on any atom is -0.467 e. The van der Waals surface area contributed by atoms with Crippen molar-refractivity contribution in [2.24, 2.45) is 0 Å². The van der Waals surface area contributed by atoms with Crippen LogP contribution in [0.4, 0.5) is 0 Å². The molecule has 3 aromatic heterocycles. The SMILES string of the molecule is CCOC(=O)c1sc2nc(CN(CCCOC)C[C@@H](O)COCc3ccco3)[nH]c(=O)c2c1C. The molecule has 0 saturated heterocycles. The van der Waals surface area contributed by atoms with Crippen molar-refractivity contribution in [3.63, 3.8) is 0 Å². The molecule has 0 aliphatic carbocycles. The van der Waals surface area contributed by atoms with Crippen LogP contribution in [-0.4, -0.2) is 72.1 Å². The first kappa shape index (κ1) is 26.0. The second-order valence-corrected chi connectivity index (χ2v) is 8.80. The Kier molecular flexibility index (Phi) is 9.78.